The lowest BCUT2D eigenvalue weighted by Crippen LogP contribution is -2.12. The van der Waals surface area contributed by atoms with E-state index >= 15 is 0 Å². The average molecular weight is 401 g/mol. The third-order valence-corrected chi connectivity index (χ3v) is 5.23. The molecule has 0 radical (unpaired) electrons. The highest BCUT2D eigenvalue weighted by molar-refractivity contribution is 7.07. The van der Waals surface area contributed by atoms with Crippen molar-refractivity contribution in [3.8, 4) is 17.0 Å². The summed E-state index contributed by atoms with van der Waals surface area (Å²) in [5.41, 5.74) is 2.83. The van der Waals surface area contributed by atoms with E-state index in [0.717, 1.165) is 38.3 Å². The number of ether oxygens (including phenoxy) is 1. The number of rotatable bonds is 6. The smallest absolute Gasteiger partial charge is 0.206 e. The molecular formula is C23H20N4OS. The monoisotopic (exact) mass is 400 g/mol. The molecule has 4 aromatic rings. The van der Waals surface area contributed by atoms with Crippen molar-refractivity contribution in [3.05, 3.63) is 89.3 Å². The fraction of sp³-hybridized carbons (Fsp3) is 0.0870. The predicted molar refractivity (Wildman–Crippen MR) is 120 cm³/mol. The van der Waals surface area contributed by atoms with Gasteiger partial charge in [-0.15, -0.1) is 17.9 Å². The molecule has 4 rings (SSSR count). The zero-order chi connectivity index (χ0) is 20.1. The molecule has 5 nitrogen and oxygen atoms in total. The molecule has 2 aromatic carbocycles. The second-order valence-electron chi connectivity index (χ2n) is 6.27. The molecular weight excluding hydrogens is 380 g/mol. The Hall–Kier alpha value is -3.51. The first kappa shape index (κ1) is 18.8. The number of aromatic nitrogens is 2. The van der Waals surface area contributed by atoms with Crippen LogP contribution in [0.25, 0.3) is 22.0 Å². The van der Waals surface area contributed by atoms with E-state index < -0.39 is 0 Å². The predicted octanol–water partition coefficient (Wildman–Crippen LogP) is 4.74. The average Bonchev–Trinajstić information content (AvgIpc) is 3.18. The second-order valence-corrected chi connectivity index (χ2v) is 7.11. The molecule has 0 fully saturated rings. The quantitative estimate of drug-likeness (QED) is 0.347. The maximum atomic E-state index is 5.32. The lowest BCUT2D eigenvalue weighted by atomic mass is 10.1. The number of thiazole rings is 1. The van der Waals surface area contributed by atoms with Crippen molar-refractivity contribution in [2.24, 2.45) is 10.1 Å². The van der Waals surface area contributed by atoms with Crippen LogP contribution in [-0.4, -0.2) is 29.5 Å². The number of fused-ring (bicyclic) bond motifs is 1. The van der Waals surface area contributed by atoms with Gasteiger partial charge in [-0.25, -0.2) is 4.68 Å². The molecule has 2 heterocycles. The van der Waals surface area contributed by atoms with Gasteiger partial charge in [0.25, 0.3) is 0 Å². The highest BCUT2D eigenvalue weighted by atomic mass is 32.1. The molecule has 0 aliphatic carbocycles. The number of hydrogen-bond acceptors (Lipinski definition) is 5. The van der Waals surface area contributed by atoms with Gasteiger partial charge in [0.15, 0.2) is 0 Å². The molecule has 29 heavy (non-hydrogen) atoms. The van der Waals surface area contributed by atoms with E-state index in [9.17, 15) is 0 Å². The van der Waals surface area contributed by atoms with Gasteiger partial charge >= 0.3 is 0 Å². The van der Waals surface area contributed by atoms with Gasteiger partial charge < -0.3 is 4.74 Å². The van der Waals surface area contributed by atoms with Crippen LogP contribution in [0.5, 0.6) is 5.75 Å². The summed E-state index contributed by atoms with van der Waals surface area (Å²) >= 11 is 1.55. The number of benzene rings is 2. The summed E-state index contributed by atoms with van der Waals surface area (Å²) in [6, 6.07) is 18.1. The van der Waals surface area contributed by atoms with E-state index in [1.165, 1.54) is 0 Å². The van der Waals surface area contributed by atoms with E-state index in [2.05, 4.69) is 51.3 Å². The summed E-state index contributed by atoms with van der Waals surface area (Å²) in [7, 11) is 1.68. The molecule has 144 valence electrons. The molecule has 0 amide bonds. The first-order valence-corrected chi connectivity index (χ1v) is 10.0. The van der Waals surface area contributed by atoms with Gasteiger partial charge in [0.2, 0.25) is 4.80 Å². The third kappa shape index (κ3) is 4.17. The minimum atomic E-state index is 0.538. The van der Waals surface area contributed by atoms with Gasteiger partial charge in [-0.1, -0.05) is 30.3 Å². The van der Waals surface area contributed by atoms with Crippen LogP contribution in [0.3, 0.4) is 0 Å². The van der Waals surface area contributed by atoms with Crippen LogP contribution in [0.15, 0.2) is 88.9 Å². The van der Waals surface area contributed by atoms with Gasteiger partial charge in [0, 0.05) is 17.1 Å². The van der Waals surface area contributed by atoms with Crippen molar-refractivity contribution in [1.29, 1.82) is 0 Å². The molecule has 6 heteroatoms. The SMILES string of the molecule is C=CCN=c1scc(-c2ccc3cc(OC)ccc3c2)n1N=Cc1ccccn1. The fourth-order valence-corrected chi connectivity index (χ4v) is 3.79. The summed E-state index contributed by atoms with van der Waals surface area (Å²) in [6.45, 7) is 4.29. The van der Waals surface area contributed by atoms with Crippen molar-refractivity contribution in [3.63, 3.8) is 0 Å². The number of hydrogen-bond donors (Lipinski definition) is 0. The number of nitrogens with zero attached hydrogens (tertiary/aromatic N) is 4. The number of pyridine rings is 1. The van der Waals surface area contributed by atoms with Crippen LogP contribution >= 0.6 is 11.3 Å². The molecule has 0 saturated heterocycles. The van der Waals surface area contributed by atoms with Crippen molar-refractivity contribution >= 4 is 28.3 Å². The molecule has 0 aliphatic rings. The topological polar surface area (TPSA) is 51.8 Å². The van der Waals surface area contributed by atoms with Gasteiger partial charge in [-0.05, 0) is 41.1 Å². The maximum Gasteiger partial charge on any atom is 0.206 e. The van der Waals surface area contributed by atoms with E-state index in [1.54, 1.807) is 36.9 Å². The van der Waals surface area contributed by atoms with Gasteiger partial charge in [0.1, 0.15) is 5.75 Å². The molecule has 2 aromatic heterocycles. The van der Waals surface area contributed by atoms with E-state index in [-0.39, 0.29) is 0 Å². The Bertz CT molecular complexity index is 1240. The number of methoxy groups -OCH3 is 1. The maximum absolute atomic E-state index is 5.32. The second kappa shape index (κ2) is 8.67. The normalized spacial score (nSPS) is 12.0. The summed E-state index contributed by atoms with van der Waals surface area (Å²) < 4.78 is 7.18. The van der Waals surface area contributed by atoms with Crippen LogP contribution in [0.2, 0.25) is 0 Å². The Morgan fingerprint density at radius 1 is 1.14 bits per heavy atom. The van der Waals surface area contributed by atoms with Crippen LogP contribution < -0.4 is 9.54 Å². The standard InChI is InChI=1S/C23H20N4OS/c1-3-11-25-23-27(26-15-20-6-4-5-12-24-20)22(16-29-23)19-8-7-18-14-21(28-2)10-9-17(18)13-19/h3-10,12-16H,1,11H2,2H3. The zero-order valence-corrected chi connectivity index (χ0v) is 16.8. The Morgan fingerprint density at radius 2 is 2.00 bits per heavy atom. The minimum Gasteiger partial charge on any atom is -0.497 e. The van der Waals surface area contributed by atoms with Crippen LogP contribution in [0.4, 0.5) is 0 Å². The van der Waals surface area contributed by atoms with Crippen LogP contribution in [0, 0.1) is 0 Å². The molecule has 0 atom stereocenters. The van der Waals surface area contributed by atoms with Crippen LogP contribution in [0.1, 0.15) is 5.69 Å². The summed E-state index contributed by atoms with van der Waals surface area (Å²) in [6.07, 6.45) is 5.27. The van der Waals surface area contributed by atoms with Crippen molar-refractivity contribution < 1.29 is 4.74 Å². The summed E-state index contributed by atoms with van der Waals surface area (Å²) in [4.78, 5) is 9.70. The highest BCUT2D eigenvalue weighted by Gasteiger charge is 2.09. The summed E-state index contributed by atoms with van der Waals surface area (Å²) in [5, 5.41) is 9.00. The first-order valence-electron chi connectivity index (χ1n) is 9.14. The minimum absolute atomic E-state index is 0.538. The zero-order valence-electron chi connectivity index (χ0n) is 16.0. The molecule has 0 spiro atoms. The van der Waals surface area contributed by atoms with E-state index in [4.69, 9.17) is 4.74 Å². The van der Waals surface area contributed by atoms with Gasteiger partial charge in [-0.3, -0.25) is 9.98 Å². The third-order valence-electron chi connectivity index (χ3n) is 4.38. The molecule has 0 aliphatic heterocycles. The van der Waals surface area contributed by atoms with E-state index in [1.807, 2.05) is 35.0 Å². The van der Waals surface area contributed by atoms with Gasteiger partial charge in [-0.2, -0.15) is 5.10 Å². The molecule has 0 saturated carbocycles. The molecule has 0 bridgehead atoms. The lowest BCUT2D eigenvalue weighted by Gasteiger charge is -2.07. The van der Waals surface area contributed by atoms with Crippen molar-refractivity contribution in [2.45, 2.75) is 0 Å². The molecule has 0 unspecified atom stereocenters. The first-order chi connectivity index (χ1) is 14.3. The fourth-order valence-electron chi connectivity index (χ4n) is 2.94. The largest absolute Gasteiger partial charge is 0.497 e. The van der Waals surface area contributed by atoms with Gasteiger partial charge in [0.05, 0.1) is 31.3 Å². The Kier molecular flexibility index (Phi) is 5.63. The van der Waals surface area contributed by atoms with E-state index in [0.29, 0.717) is 6.54 Å². The Morgan fingerprint density at radius 3 is 2.79 bits per heavy atom. The Balaban J connectivity index is 1.81. The van der Waals surface area contributed by atoms with Crippen molar-refractivity contribution in [1.82, 2.24) is 9.66 Å². The summed E-state index contributed by atoms with van der Waals surface area (Å²) in [5.74, 6) is 0.848. The molecule has 0 N–H and O–H groups in total. The van der Waals surface area contributed by atoms with Crippen LogP contribution in [-0.2, 0) is 0 Å². The highest BCUT2D eigenvalue weighted by Crippen LogP contribution is 2.27. The lowest BCUT2D eigenvalue weighted by molar-refractivity contribution is 0.415. The van der Waals surface area contributed by atoms with Crippen molar-refractivity contribution in [2.75, 3.05) is 13.7 Å². The Labute approximate surface area is 173 Å².